The quantitative estimate of drug-likeness (QED) is 0.892. The molecule has 0 amide bonds. The summed E-state index contributed by atoms with van der Waals surface area (Å²) in [6.45, 7) is 7.19. The zero-order valence-corrected chi connectivity index (χ0v) is 11.9. The van der Waals surface area contributed by atoms with E-state index in [4.69, 9.17) is 0 Å². The van der Waals surface area contributed by atoms with Crippen molar-refractivity contribution < 1.29 is 0 Å². The number of nitrogens with zero attached hydrogens (tertiary/aromatic N) is 2. The van der Waals surface area contributed by atoms with E-state index in [-0.39, 0.29) is 0 Å². The topological polar surface area (TPSA) is 37.8 Å². The zero-order chi connectivity index (χ0) is 13.7. The van der Waals surface area contributed by atoms with E-state index in [1.807, 2.05) is 26.2 Å². The van der Waals surface area contributed by atoms with Crippen molar-refractivity contribution in [2.75, 3.05) is 6.54 Å². The Labute approximate surface area is 115 Å². The normalized spacial score (nSPS) is 12.4. The average molecular weight is 255 g/mol. The maximum absolute atomic E-state index is 4.45. The minimum atomic E-state index is 0.327. The van der Waals surface area contributed by atoms with Crippen LogP contribution in [-0.4, -0.2) is 16.5 Å². The van der Waals surface area contributed by atoms with Crippen LogP contribution in [-0.2, 0) is 6.42 Å². The summed E-state index contributed by atoms with van der Waals surface area (Å²) >= 11 is 0. The van der Waals surface area contributed by atoms with Gasteiger partial charge in [0.1, 0.15) is 0 Å². The van der Waals surface area contributed by atoms with Crippen LogP contribution in [0.15, 0.2) is 36.7 Å². The Balaban J connectivity index is 2.24. The van der Waals surface area contributed by atoms with E-state index < -0.39 is 0 Å². The lowest BCUT2D eigenvalue weighted by Gasteiger charge is -2.19. The minimum absolute atomic E-state index is 0.327. The maximum Gasteiger partial charge on any atom is 0.0379 e. The van der Waals surface area contributed by atoms with Gasteiger partial charge in [-0.3, -0.25) is 9.97 Å². The van der Waals surface area contributed by atoms with Gasteiger partial charge in [-0.2, -0.15) is 0 Å². The molecule has 0 radical (unpaired) electrons. The molecule has 0 saturated heterocycles. The molecule has 2 aromatic rings. The Morgan fingerprint density at radius 3 is 2.32 bits per heavy atom. The monoisotopic (exact) mass is 255 g/mol. The van der Waals surface area contributed by atoms with Crippen LogP contribution in [0.3, 0.4) is 0 Å². The third-order valence-electron chi connectivity index (χ3n) is 3.15. The first-order chi connectivity index (χ1) is 9.19. The van der Waals surface area contributed by atoms with Crippen LogP contribution in [0, 0.1) is 13.8 Å². The molecular formula is C16H21N3. The van der Waals surface area contributed by atoms with Crippen LogP contribution in [0.1, 0.15) is 35.5 Å². The molecule has 0 spiro atoms. The van der Waals surface area contributed by atoms with Crippen molar-refractivity contribution in [1.82, 2.24) is 15.3 Å². The Morgan fingerprint density at radius 1 is 1.11 bits per heavy atom. The van der Waals surface area contributed by atoms with Gasteiger partial charge in [-0.25, -0.2) is 0 Å². The summed E-state index contributed by atoms with van der Waals surface area (Å²) in [5.74, 6) is 0. The molecule has 19 heavy (non-hydrogen) atoms. The number of nitrogens with one attached hydrogen (secondary N) is 1. The highest BCUT2D eigenvalue weighted by Gasteiger charge is 2.12. The molecule has 100 valence electrons. The third-order valence-corrected chi connectivity index (χ3v) is 3.15. The molecule has 1 N–H and O–H groups in total. The van der Waals surface area contributed by atoms with Crippen molar-refractivity contribution in [3.8, 4) is 0 Å². The Bertz CT molecular complexity index is 503. The van der Waals surface area contributed by atoms with Crippen LogP contribution < -0.4 is 5.32 Å². The van der Waals surface area contributed by atoms with E-state index in [0.29, 0.717) is 6.04 Å². The van der Waals surface area contributed by atoms with Gasteiger partial charge in [0.2, 0.25) is 0 Å². The van der Waals surface area contributed by atoms with Gasteiger partial charge < -0.3 is 5.32 Å². The van der Waals surface area contributed by atoms with Crippen molar-refractivity contribution in [3.63, 3.8) is 0 Å². The van der Waals surface area contributed by atoms with Gasteiger partial charge in [-0.05, 0) is 62.2 Å². The molecule has 0 fully saturated rings. The molecule has 0 aromatic carbocycles. The summed E-state index contributed by atoms with van der Waals surface area (Å²) in [5, 5.41) is 3.55. The summed E-state index contributed by atoms with van der Waals surface area (Å²) in [6.07, 6.45) is 4.67. The van der Waals surface area contributed by atoms with Gasteiger partial charge in [0.15, 0.2) is 0 Å². The summed E-state index contributed by atoms with van der Waals surface area (Å²) in [5.41, 5.74) is 4.76. The number of likely N-dealkylation sites (N-methyl/N-ethyl adjacent to an activating group) is 1. The number of hydrogen-bond acceptors (Lipinski definition) is 3. The maximum atomic E-state index is 4.45. The van der Waals surface area contributed by atoms with E-state index in [1.165, 1.54) is 11.1 Å². The molecule has 0 saturated carbocycles. The molecule has 0 bridgehead atoms. The predicted octanol–water partition coefficient (Wildman–Crippen LogP) is 2.99. The van der Waals surface area contributed by atoms with Gasteiger partial charge in [0.05, 0.1) is 0 Å². The first-order valence-electron chi connectivity index (χ1n) is 6.76. The van der Waals surface area contributed by atoms with E-state index in [1.54, 1.807) is 0 Å². The lowest BCUT2D eigenvalue weighted by atomic mass is 9.99. The van der Waals surface area contributed by atoms with Crippen molar-refractivity contribution in [1.29, 1.82) is 0 Å². The Morgan fingerprint density at radius 2 is 1.74 bits per heavy atom. The lowest BCUT2D eigenvalue weighted by Crippen LogP contribution is -2.23. The zero-order valence-electron chi connectivity index (χ0n) is 11.9. The smallest absolute Gasteiger partial charge is 0.0379 e. The molecule has 3 nitrogen and oxygen atoms in total. The van der Waals surface area contributed by atoms with Gasteiger partial charge in [0.25, 0.3) is 0 Å². The molecular weight excluding hydrogens is 234 g/mol. The first kappa shape index (κ1) is 13.7. The number of hydrogen-bond donors (Lipinski definition) is 1. The summed E-state index contributed by atoms with van der Waals surface area (Å²) < 4.78 is 0. The number of rotatable bonds is 5. The standard InChI is InChI=1S/C16H21N3/c1-4-18-16(11-14-5-7-17-8-6-14)15-9-12(2)19-13(3)10-15/h5-10,16,18H,4,11H2,1-3H3. The molecule has 0 aliphatic rings. The highest BCUT2D eigenvalue weighted by molar-refractivity contribution is 5.26. The number of pyridine rings is 2. The molecule has 3 heteroatoms. The van der Waals surface area contributed by atoms with Crippen LogP contribution in [0.25, 0.3) is 0 Å². The Kier molecular flexibility index (Phi) is 4.63. The highest BCUT2D eigenvalue weighted by Crippen LogP contribution is 2.19. The van der Waals surface area contributed by atoms with Crippen LogP contribution in [0.4, 0.5) is 0 Å². The van der Waals surface area contributed by atoms with E-state index >= 15 is 0 Å². The SMILES string of the molecule is CCNC(Cc1ccncc1)c1cc(C)nc(C)c1. The summed E-state index contributed by atoms with van der Waals surface area (Å²) in [6, 6.07) is 8.81. The second kappa shape index (κ2) is 6.43. The summed E-state index contributed by atoms with van der Waals surface area (Å²) in [7, 11) is 0. The van der Waals surface area contributed by atoms with Gasteiger partial charge in [-0.1, -0.05) is 6.92 Å². The van der Waals surface area contributed by atoms with E-state index in [2.05, 4.69) is 46.5 Å². The van der Waals surface area contributed by atoms with Crippen LogP contribution in [0.5, 0.6) is 0 Å². The third kappa shape index (κ3) is 3.86. The second-order valence-corrected chi connectivity index (χ2v) is 4.85. The van der Waals surface area contributed by atoms with Crippen molar-refractivity contribution in [3.05, 3.63) is 59.2 Å². The van der Waals surface area contributed by atoms with E-state index in [9.17, 15) is 0 Å². The first-order valence-corrected chi connectivity index (χ1v) is 6.76. The lowest BCUT2D eigenvalue weighted by molar-refractivity contribution is 0.548. The van der Waals surface area contributed by atoms with Crippen molar-refractivity contribution >= 4 is 0 Å². The molecule has 0 aliphatic heterocycles. The van der Waals surface area contributed by atoms with E-state index in [0.717, 1.165) is 24.4 Å². The number of aryl methyl sites for hydroxylation is 2. The van der Waals surface area contributed by atoms with Gasteiger partial charge in [0, 0.05) is 29.8 Å². The van der Waals surface area contributed by atoms with Crippen LogP contribution >= 0.6 is 0 Å². The fourth-order valence-electron chi connectivity index (χ4n) is 2.38. The molecule has 1 atom stereocenters. The van der Waals surface area contributed by atoms with Gasteiger partial charge >= 0.3 is 0 Å². The van der Waals surface area contributed by atoms with Crippen molar-refractivity contribution in [2.45, 2.75) is 33.2 Å². The highest BCUT2D eigenvalue weighted by atomic mass is 14.9. The molecule has 2 heterocycles. The molecule has 2 rings (SSSR count). The fourth-order valence-corrected chi connectivity index (χ4v) is 2.38. The largest absolute Gasteiger partial charge is 0.310 e. The molecule has 1 unspecified atom stereocenters. The minimum Gasteiger partial charge on any atom is -0.310 e. The summed E-state index contributed by atoms with van der Waals surface area (Å²) in [4.78, 5) is 8.52. The Hall–Kier alpha value is -1.74. The van der Waals surface area contributed by atoms with Crippen LogP contribution in [0.2, 0.25) is 0 Å². The predicted molar refractivity (Wildman–Crippen MR) is 78.1 cm³/mol. The van der Waals surface area contributed by atoms with Crippen molar-refractivity contribution in [2.24, 2.45) is 0 Å². The number of aromatic nitrogens is 2. The van der Waals surface area contributed by atoms with Gasteiger partial charge in [-0.15, -0.1) is 0 Å². The average Bonchev–Trinajstić information content (AvgIpc) is 2.38. The molecule has 0 aliphatic carbocycles. The fraction of sp³-hybridized carbons (Fsp3) is 0.375. The molecule has 2 aromatic heterocycles. The second-order valence-electron chi connectivity index (χ2n) is 4.85.